The van der Waals surface area contributed by atoms with Gasteiger partial charge in [-0.05, 0) is 12.8 Å². The zero-order chi connectivity index (χ0) is 16.7. The van der Waals surface area contributed by atoms with Crippen LogP contribution in [0, 0.1) is 0 Å². The van der Waals surface area contributed by atoms with Crippen LogP contribution in [-0.2, 0) is 23.8 Å². The second-order valence-electron chi connectivity index (χ2n) is 5.13. The van der Waals surface area contributed by atoms with Crippen molar-refractivity contribution < 1.29 is 39.1 Å². The van der Waals surface area contributed by atoms with Crippen LogP contribution in [0.4, 0.5) is 0 Å². The summed E-state index contributed by atoms with van der Waals surface area (Å²) in [4.78, 5) is 21.2. The third kappa shape index (κ3) is 5.85. The Balaban J connectivity index is 2.43. The van der Waals surface area contributed by atoms with Gasteiger partial charge in [0.2, 0.25) is 0 Å². The lowest BCUT2D eigenvalue weighted by Gasteiger charge is -2.40. The molecule has 0 spiro atoms. The molecule has 0 radical (unpaired) electrons. The number of carbonyl (C=O) groups excluding carboxylic acids is 1. The van der Waals surface area contributed by atoms with Crippen LogP contribution in [-0.4, -0.2) is 71.1 Å². The minimum atomic E-state index is -1.29. The van der Waals surface area contributed by atoms with E-state index in [1.807, 2.05) is 0 Å². The summed E-state index contributed by atoms with van der Waals surface area (Å²) in [6.07, 6.45) is -3.51. The van der Waals surface area contributed by atoms with Crippen LogP contribution in [0.25, 0.3) is 0 Å². The number of aliphatic hydroxyl groups excluding tert-OH is 2. The van der Waals surface area contributed by atoms with E-state index in [0.29, 0.717) is 12.8 Å². The van der Waals surface area contributed by atoms with E-state index in [9.17, 15) is 19.8 Å². The van der Waals surface area contributed by atoms with Gasteiger partial charge >= 0.3 is 11.9 Å². The number of nitrogens with two attached hydrogens (primary N) is 1. The molecular weight excluding hydrogens is 298 g/mol. The molecule has 5 atom stereocenters. The van der Waals surface area contributed by atoms with Gasteiger partial charge in [-0.2, -0.15) is 0 Å². The van der Waals surface area contributed by atoms with Crippen LogP contribution in [0.5, 0.6) is 0 Å². The molecule has 0 aromatic heterocycles. The fourth-order valence-corrected chi connectivity index (χ4v) is 2.02. The summed E-state index contributed by atoms with van der Waals surface area (Å²) in [7, 11) is 0. The van der Waals surface area contributed by atoms with Crippen LogP contribution < -0.4 is 5.73 Å². The second-order valence-corrected chi connectivity index (χ2v) is 5.13. The average Bonchev–Trinajstić information content (AvgIpc) is 2.45. The summed E-state index contributed by atoms with van der Waals surface area (Å²) in [6.45, 7) is 1.20. The fourth-order valence-electron chi connectivity index (χ4n) is 2.02. The Kier molecular flexibility index (Phi) is 7.69. The van der Waals surface area contributed by atoms with Crippen molar-refractivity contribution in [2.24, 2.45) is 5.73 Å². The Morgan fingerprint density at radius 3 is 2.50 bits per heavy atom. The third-order valence-corrected chi connectivity index (χ3v) is 3.27. The lowest BCUT2D eigenvalue weighted by atomic mass is 9.98. The van der Waals surface area contributed by atoms with Crippen LogP contribution in [0.3, 0.4) is 0 Å². The van der Waals surface area contributed by atoms with Gasteiger partial charge in [0.15, 0.2) is 6.29 Å². The Hall–Kier alpha value is -1.26. The van der Waals surface area contributed by atoms with Gasteiger partial charge < -0.3 is 35.3 Å². The summed E-state index contributed by atoms with van der Waals surface area (Å²) in [5.41, 5.74) is 5.73. The number of hydrogen-bond donors (Lipinski definition) is 4. The third-order valence-electron chi connectivity index (χ3n) is 3.27. The summed E-state index contributed by atoms with van der Waals surface area (Å²) in [5.74, 6) is -1.42. The minimum Gasteiger partial charge on any atom is -0.481 e. The molecule has 1 rings (SSSR count). The number of aliphatic hydroxyl groups is 2. The molecule has 5 N–H and O–H groups in total. The van der Waals surface area contributed by atoms with Crippen molar-refractivity contribution in [3.8, 4) is 0 Å². The molecule has 1 saturated heterocycles. The quantitative estimate of drug-likeness (QED) is 0.312. The van der Waals surface area contributed by atoms with Gasteiger partial charge in [-0.25, -0.2) is 0 Å². The molecule has 9 heteroatoms. The SMILES string of the molecule is CC(=O)OCC1O[C@@H](OCCCCC(=O)O)C(N)C(O)[C@H]1O. The number of carbonyl (C=O) groups is 2. The lowest BCUT2D eigenvalue weighted by molar-refractivity contribution is -0.267. The highest BCUT2D eigenvalue weighted by atomic mass is 16.7. The Morgan fingerprint density at radius 1 is 1.23 bits per heavy atom. The number of aliphatic carboxylic acids is 1. The highest BCUT2D eigenvalue weighted by molar-refractivity contribution is 5.66. The van der Waals surface area contributed by atoms with Crippen molar-refractivity contribution >= 4 is 11.9 Å². The van der Waals surface area contributed by atoms with E-state index < -0.39 is 42.6 Å². The van der Waals surface area contributed by atoms with Crippen LogP contribution >= 0.6 is 0 Å². The molecule has 1 aliphatic heterocycles. The van der Waals surface area contributed by atoms with Crippen molar-refractivity contribution in [1.82, 2.24) is 0 Å². The molecule has 0 amide bonds. The number of carboxylic acids is 1. The number of ether oxygens (including phenoxy) is 3. The maximum atomic E-state index is 10.8. The number of rotatable bonds is 8. The van der Waals surface area contributed by atoms with Crippen molar-refractivity contribution in [3.63, 3.8) is 0 Å². The Labute approximate surface area is 127 Å². The van der Waals surface area contributed by atoms with Crippen LogP contribution in [0.2, 0.25) is 0 Å². The molecule has 1 fully saturated rings. The molecular formula is C13H23NO8. The van der Waals surface area contributed by atoms with Gasteiger partial charge in [0.25, 0.3) is 0 Å². The molecule has 0 aromatic rings. The summed E-state index contributed by atoms with van der Waals surface area (Å²) >= 11 is 0. The summed E-state index contributed by atoms with van der Waals surface area (Å²) in [6, 6.07) is -0.956. The number of unbranched alkanes of at least 4 members (excludes halogenated alkanes) is 1. The van der Waals surface area contributed by atoms with E-state index in [-0.39, 0.29) is 19.6 Å². The van der Waals surface area contributed by atoms with E-state index in [1.54, 1.807) is 0 Å². The molecule has 1 aliphatic rings. The van der Waals surface area contributed by atoms with Gasteiger partial charge in [-0.15, -0.1) is 0 Å². The number of hydrogen-bond acceptors (Lipinski definition) is 8. The predicted octanol–water partition coefficient (Wildman–Crippen LogP) is -1.40. The van der Waals surface area contributed by atoms with Crippen molar-refractivity contribution in [1.29, 1.82) is 0 Å². The molecule has 0 bridgehead atoms. The highest BCUT2D eigenvalue weighted by Crippen LogP contribution is 2.21. The highest BCUT2D eigenvalue weighted by Gasteiger charge is 2.43. The second kappa shape index (κ2) is 9.01. The molecule has 0 aliphatic carbocycles. The van der Waals surface area contributed by atoms with Crippen molar-refractivity contribution in [3.05, 3.63) is 0 Å². The molecule has 22 heavy (non-hydrogen) atoms. The molecule has 1 heterocycles. The van der Waals surface area contributed by atoms with E-state index in [4.69, 9.17) is 25.1 Å². The maximum absolute atomic E-state index is 10.8. The van der Waals surface area contributed by atoms with Gasteiger partial charge in [0.05, 0.1) is 6.04 Å². The molecule has 128 valence electrons. The molecule has 0 saturated carbocycles. The van der Waals surface area contributed by atoms with Gasteiger partial charge in [-0.3, -0.25) is 9.59 Å². The van der Waals surface area contributed by atoms with E-state index in [1.165, 1.54) is 6.92 Å². The van der Waals surface area contributed by atoms with E-state index >= 15 is 0 Å². The lowest BCUT2D eigenvalue weighted by Crippen LogP contribution is -2.62. The van der Waals surface area contributed by atoms with Crippen LogP contribution in [0.15, 0.2) is 0 Å². The molecule has 3 unspecified atom stereocenters. The van der Waals surface area contributed by atoms with Crippen LogP contribution in [0.1, 0.15) is 26.2 Å². The normalized spacial score (nSPS) is 31.7. The summed E-state index contributed by atoms with van der Waals surface area (Å²) < 4.78 is 15.5. The number of carboxylic acid groups (broad SMARTS) is 1. The topological polar surface area (TPSA) is 149 Å². The fraction of sp³-hybridized carbons (Fsp3) is 0.846. The standard InChI is InChI=1S/C13H23NO8/c1-7(15)21-6-8-11(18)12(19)10(14)13(22-8)20-5-3-2-4-9(16)17/h8,10-13,18-19H,2-6,14H2,1H3,(H,16,17)/t8?,10?,11-,12?,13+/m0/s1. The molecule has 0 aromatic carbocycles. The Morgan fingerprint density at radius 2 is 1.91 bits per heavy atom. The minimum absolute atomic E-state index is 0.0390. The van der Waals surface area contributed by atoms with Crippen molar-refractivity contribution in [2.45, 2.75) is 56.8 Å². The van der Waals surface area contributed by atoms with E-state index in [2.05, 4.69) is 0 Å². The zero-order valence-electron chi connectivity index (χ0n) is 12.4. The Bertz CT molecular complexity index is 377. The predicted molar refractivity (Wildman–Crippen MR) is 72.7 cm³/mol. The largest absolute Gasteiger partial charge is 0.481 e. The molecule has 9 nitrogen and oxygen atoms in total. The maximum Gasteiger partial charge on any atom is 0.303 e. The van der Waals surface area contributed by atoms with Gasteiger partial charge in [-0.1, -0.05) is 0 Å². The van der Waals surface area contributed by atoms with Gasteiger partial charge in [0, 0.05) is 20.0 Å². The first-order valence-electron chi connectivity index (χ1n) is 7.07. The van der Waals surface area contributed by atoms with E-state index in [0.717, 1.165) is 0 Å². The first kappa shape index (κ1) is 18.8. The first-order valence-corrected chi connectivity index (χ1v) is 7.07. The summed E-state index contributed by atoms with van der Waals surface area (Å²) in [5, 5.41) is 28.2. The first-order chi connectivity index (χ1) is 10.3. The average molecular weight is 321 g/mol. The van der Waals surface area contributed by atoms with Crippen molar-refractivity contribution in [2.75, 3.05) is 13.2 Å². The zero-order valence-corrected chi connectivity index (χ0v) is 12.4. The monoisotopic (exact) mass is 321 g/mol. The number of esters is 1. The van der Waals surface area contributed by atoms with Gasteiger partial charge in [0.1, 0.15) is 24.9 Å². The smallest absolute Gasteiger partial charge is 0.303 e.